The number of pyridine rings is 1. The van der Waals surface area contributed by atoms with Gasteiger partial charge in [-0.2, -0.15) is 0 Å². The van der Waals surface area contributed by atoms with Crippen molar-refractivity contribution in [3.8, 4) is 5.75 Å². The summed E-state index contributed by atoms with van der Waals surface area (Å²) in [5.74, 6) is 0.634. The summed E-state index contributed by atoms with van der Waals surface area (Å²) < 4.78 is 11.0. The number of nitrogens with zero attached hydrogens (tertiary/aromatic N) is 1. The van der Waals surface area contributed by atoms with E-state index in [1.165, 1.54) is 0 Å². The third kappa shape index (κ3) is 5.10. The Bertz CT molecular complexity index is 1010. The zero-order chi connectivity index (χ0) is 20.1. The highest BCUT2D eigenvalue weighted by Gasteiger charge is 2.29. The Morgan fingerprint density at radius 1 is 1.00 bits per heavy atom. The fraction of sp³-hybridized carbons (Fsp3) is 0.261. The average molecular weight is 390 g/mol. The molecule has 1 saturated carbocycles. The number of hydrogen-bond acceptors (Lipinski definition) is 5. The van der Waals surface area contributed by atoms with Gasteiger partial charge in [-0.15, -0.1) is 0 Å². The summed E-state index contributed by atoms with van der Waals surface area (Å²) in [6.45, 7) is 0.441. The summed E-state index contributed by atoms with van der Waals surface area (Å²) >= 11 is 0. The first-order valence-corrected chi connectivity index (χ1v) is 9.71. The maximum absolute atomic E-state index is 12.0. The van der Waals surface area contributed by atoms with Crippen LogP contribution in [-0.4, -0.2) is 30.1 Å². The minimum absolute atomic E-state index is 0.0686. The molecule has 0 atom stereocenters. The molecule has 0 spiro atoms. The summed E-state index contributed by atoms with van der Waals surface area (Å²) in [5.41, 5.74) is 2.44. The standard InChI is InChI=1S/C23H22N2O4/c26-22(15-16-5-9-18(10-6-16)25-23(27)17-7-8-17)29-14-13-28-21-11-12-24-20-4-2-1-3-19(20)21/h1-6,9-12,17H,7-8,13-15H2,(H,25,27). The molecule has 1 amide bonds. The predicted octanol–water partition coefficient (Wildman–Crippen LogP) is 3.75. The molecule has 29 heavy (non-hydrogen) atoms. The summed E-state index contributed by atoms with van der Waals surface area (Å²) in [6, 6.07) is 16.8. The monoisotopic (exact) mass is 390 g/mol. The Morgan fingerprint density at radius 2 is 1.79 bits per heavy atom. The Kier molecular flexibility index (Phi) is 5.70. The zero-order valence-electron chi connectivity index (χ0n) is 16.0. The van der Waals surface area contributed by atoms with E-state index >= 15 is 0 Å². The number of benzene rings is 2. The molecule has 0 aliphatic heterocycles. The first-order chi connectivity index (χ1) is 14.2. The second-order valence-electron chi connectivity index (χ2n) is 7.03. The van der Waals surface area contributed by atoms with Crippen LogP contribution < -0.4 is 10.1 Å². The van der Waals surface area contributed by atoms with Crippen LogP contribution in [0.25, 0.3) is 10.9 Å². The van der Waals surface area contributed by atoms with Crippen LogP contribution in [0.3, 0.4) is 0 Å². The first kappa shape index (κ1) is 18.9. The lowest BCUT2D eigenvalue weighted by molar-refractivity contribution is -0.143. The van der Waals surface area contributed by atoms with Gasteiger partial charge in [-0.05, 0) is 48.7 Å². The number of rotatable bonds is 8. The number of ether oxygens (including phenoxy) is 2. The Balaban J connectivity index is 1.21. The van der Waals surface area contributed by atoms with Gasteiger partial charge in [0.2, 0.25) is 5.91 Å². The number of carbonyl (C=O) groups is 2. The summed E-state index contributed by atoms with van der Waals surface area (Å²) in [6.07, 6.45) is 3.81. The van der Waals surface area contributed by atoms with Crippen molar-refractivity contribution in [3.63, 3.8) is 0 Å². The maximum Gasteiger partial charge on any atom is 0.310 e. The van der Waals surface area contributed by atoms with Crippen LogP contribution in [0.1, 0.15) is 18.4 Å². The highest BCUT2D eigenvalue weighted by Crippen LogP contribution is 2.30. The molecule has 6 heteroatoms. The highest BCUT2D eigenvalue weighted by atomic mass is 16.6. The fourth-order valence-corrected chi connectivity index (χ4v) is 3.02. The predicted molar refractivity (Wildman–Crippen MR) is 110 cm³/mol. The third-order valence-electron chi connectivity index (χ3n) is 4.73. The Hall–Kier alpha value is -3.41. The van der Waals surface area contributed by atoms with Crippen molar-refractivity contribution >= 4 is 28.5 Å². The van der Waals surface area contributed by atoms with E-state index in [1.54, 1.807) is 24.4 Å². The largest absolute Gasteiger partial charge is 0.489 e. The zero-order valence-corrected chi connectivity index (χ0v) is 16.0. The number of amides is 1. The lowest BCUT2D eigenvalue weighted by Gasteiger charge is -2.10. The van der Waals surface area contributed by atoms with Crippen LogP contribution in [0, 0.1) is 5.92 Å². The summed E-state index contributed by atoms with van der Waals surface area (Å²) in [5, 5.41) is 3.80. The van der Waals surface area contributed by atoms with E-state index in [9.17, 15) is 9.59 Å². The van der Waals surface area contributed by atoms with Crippen LogP contribution in [0.5, 0.6) is 5.75 Å². The quantitative estimate of drug-likeness (QED) is 0.468. The SMILES string of the molecule is O=C(Cc1ccc(NC(=O)C2CC2)cc1)OCCOc1ccnc2ccccc12. The molecule has 1 aromatic heterocycles. The normalized spacial score (nSPS) is 13.1. The molecule has 1 aliphatic carbocycles. The van der Waals surface area contributed by atoms with Gasteiger partial charge in [-0.25, -0.2) is 0 Å². The molecule has 0 radical (unpaired) electrons. The summed E-state index contributed by atoms with van der Waals surface area (Å²) in [4.78, 5) is 28.1. The minimum Gasteiger partial charge on any atom is -0.489 e. The van der Waals surface area contributed by atoms with Gasteiger partial charge < -0.3 is 14.8 Å². The second kappa shape index (κ2) is 8.73. The van der Waals surface area contributed by atoms with Gasteiger partial charge in [-0.3, -0.25) is 14.6 Å². The number of esters is 1. The van der Waals surface area contributed by atoms with Crippen molar-refractivity contribution in [2.45, 2.75) is 19.3 Å². The number of para-hydroxylation sites is 1. The lowest BCUT2D eigenvalue weighted by atomic mass is 10.1. The van der Waals surface area contributed by atoms with Crippen molar-refractivity contribution < 1.29 is 19.1 Å². The van der Waals surface area contributed by atoms with Crippen molar-refractivity contribution in [1.82, 2.24) is 4.98 Å². The second-order valence-corrected chi connectivity index (χ2v) is 7.03. The lowest BCUT2D eigenvalue weighted by Crippen LogP contribution is -2.14. The topological polar surface area (TPSA) is 77.5 Å². The molecular formula is C23H22N2O4. The molecule has 6 nitrogen and oxygen atoms in total. The molecule has 1 heterocycles. The van der Waals surface area contributed by atoms with E-state index in [-0.39, 0.29) is 37.4 Å². The molecule has 0 saturated heterocycles. The Labute approximate surface area is 168 Å². The average Bonchev–Trinajstić information content (AvgIpc) is 3.58. The van der Waals surface area contributed by atoms with Gasteiger partial charge in [0.1, 0.15) is 19.0 Å². The number of fused-ring (bicyclic) bond motifs is 1. The molecule has 4 rings (SSSR count). The molecule has 0 bridgehead atoms. The smallest absolute Gasteiger partial charge is 0.310 e. The van der Waals surface area contributed by atoms with E-state index in [2.05, 4.69) is 10.3 Å². The van der Waals surface area contributed by atoms with E-state index in [4.69, 9.17) is 9.47 Å². The van der Waals surface area contributed by atoms with E-state index < -0.39 is 0 Å². The number of nitrogens with one attached hydrogen (secondary N) is 1. The van der Waals surface area contributed by atoms with E-state index in [0.717, 1.165) is 40.7 Å². The van der Waals surface area contributed by atoms with Crippen molar-refractivity contribution in [1.29, 1.82) is 0 Å². The summed E-state index contributed by atoms with van der Waals surface area (Å²) in [7, 11) is 0. The van der Waals surface area contributed by atoms with Gasteiger partial charge in [0.05, 0.1) is 11.9 Å². The third-order valence-corrected chi connectivity index (χ3v) is 4.73. The van der Waals surface area contributed by atoms with Crippen LogP contribution in [0.4, 0.5) is 5.69 Å². The van der Waals surface area contributed by atoms with Gasteiger partial charge >= 0.3 is 5.97 Å². The number of carbonyl (C=O) groups excluding carboxylic acids is 2. The van der Waals surface area contributed by atoms with Crippen molar-refractivity contribution in [2.75, 3.05) is 18.5 Å². The minimum atomic E-state index is -0.317. The van der Waals surface area contributed by atoms with Gasteiger partial charge in [-0.1, -0.05) is 24.3 Å². The first-order valence-electron chi connectivity index (χ1n) is 9.71. The van der Waals surface area contributed by atoms with Crippen molar-refractivity contribution in [3.05, 3.63) is 66.4 Å². The van der Waals surface area contributed by atoms with Gasteiger partial charge in [0.15, 0.2) is 0 Å². The number of hydrogen-bond donors (Lipinski definition) is 1. The van der Waals surface area contributed by atoms with Crippen LogP contribution >= 0.6 is 0 Å². The molecule has 1 fully saturated rings. The van der Waals surface area contributed by atoms with E-state index in [0.29, 0.717) is 0 Å². The molecule has 148 valence electrons. The fourth-order valence-electron chi connectivity index (χ4n) is 3.02. The molecule has 0 unspecified atom stereocenters. The molecular weight excluding hydrogens is 368 g/mol. The maximum atomic E-state index is 12.0. The number of anilines is 1. The van der Waals surface area contributed by atoms with Crippen LogP contribution in [0.2, 0.25) is 0 Å². The molecule has 3 aromatic rings. The van der Waals surface area contributed by atoms with Gasteiger partial charge in [0, 0.05) is 23.2 Å². The van der Waals surface area contributed by atoms with Crippen molar-refractivity contribution in [2.24, 2.45) is 5.92 Å². The van der Waals surface area contributed by atoms with E-state index in [1.807, 2.05) is 36.4 Å². The van der Waals surface area contributed by atoms with Crippen LogP contribution in [-0.2, 0) is 20.7 Å². The van der Waals surface area contributed by atoms with Crippen LogP contribution in [0.15, 0.2) is 60.8 Å². The Morgan fingerprint density at radius 3 is 2.59 bits per heavy atom. The molecule has 1 N–H and O–H groups in total. The molecule has 1 aliphatic rings. The molecule has 2 aromatic carbocycles. The van der Waals surface area contributed by atoms with Gasteiger partial charge in [0.25, 0.3) is 0 Å². The highest BCUT2D eigenvalue weighted by molar-refractivity contribution is 5.94. The number of aromatic nitrogens is 1.